The summed E-state index contributed by atoms with van der Waals surface area (Å²) >= 11 is 0. The molecule has 0 fully saturated rings. The van der Waals surface area contributed by atoms with E-state index in [9.17, 15) is 14.4 Å². The van der Waals surface area contributed by atoms with Crippen LogP contribution >= 0.6 is 0 Å². The predicted molar refractivity (Wildman–Crippen MR) is 99.3 cm³/mol. The van der Waals surface area contributed by atoms with Crippen LogP contribution in [-0.4, -0.2) is 17.5 Å². The van der Waals surface area contributed by atoms with Crippen molar-refractivity contribution < 1.29 is 19.1 Å². The van der Waals surface area contributed by atoms with Crippen LogP contribution in [0, 0.1) is 6.07 Å². The number of fused-ring (bicyclic) bond motifs is 1. The highest BCUT2D eigenvalue weighted by atomic mass is 16.6. The summed E-state index contributed by atoms with van der Waals surface area (Å²) in [7, 11) is 0. The summed E-state index contributed by atoms with van der Waals surface area (Å²) in [6.07, 6.45) is 0. The fourth-order valence-electron chi connectivity index (χ4n) is 3.42. The van der Waals surface area contributed by atoms with E-state index in [0.29, 0.717) is 0 Å². The average Bonchev–Trinajstić information content (AvgIpc) is 2.91. The minimum atomic E-state index is -2.01. The molecule has 0 N–H and O–H groups in total. The summed E-state index contributed by atoms with van der Waals surface area (Å²) in [4.78, 5) is 38.0. The number of hydrogen-bond acceptors (Lipinski definition) is 4. The Hall–Kier alpha value is -3.53. The quantitative estimate of drug-likeness (QED) is 0.526. The van der Waals surface area contributed by atoms with Gasteiger partial charge < -0.3 is 4.74 Å². The molecule has 131 valence electrons. The number of ketones is 2. The molecule has 0 saturated carbocycles. The van der Waals surface area contributed by atoms with E-state index in [2.05, 4.69) is 6.07 Å². The molecule has 4 nitrogen and oxygen atoms in total. The van der Waals surface area contributed by atoms with Crippen LogP contribution in [0.5, 0.6) is 0 Å². The fraction of sp³-hybridized carbons (Fsp3) is 0.0870. The fourth-order valence-corrected chi connectivity index (χ4v) is 3.42. The molecule has 0 atom stereocenters. The number of Topliss-reactive ketones (excluding diaryl/α,β-unsaturated/α-hetero) is 2. The lowest BCUT2D eigenvalue weighted by molar-refractivity contribution is -0.149. The third-order valence-electron chi connectivity index (χ3n) is 4.65. The number of carbonyl (C=O) groups excluding carboxylic acids is 3. The van der Waals surface area contributed by atoms with Gasteiger partial charge in [0.2, 0.25) is 11.6 Å². The van der Waals surface area contributed by atoms with Crippen molar-refractivity contribution in [1.82, 2.24) is 0 Å². The van der Waals surface area contributed by atoms with Crippen LogP contribution < -0.4 is 0 Å². The molecule has 0 heterocycles. The zero-order chi connectivity index (χ0) is 19.0. The Bertz CT molecular complexity index is 1010. The number of rotatable bonds is 3. The van der Waals surface area contributed by atoms with Crippen LogP contribution in [0.1, 0.15) is 33.2 Å². The Balaban J connectivity index is 1.84. The Morgan fingerprint density at radius 3 is 1.93 bits per heavy atom. The molecule has 0 unspecified atom stereocenters. The van der Waals surface area contributed by atoms with Gasteiger partial charge in [-0.2, -0.15) is 0 Å². The normalized spacial score (nSPS) is 14.7. The Morgan fingerprint density at radius 2 is 1.41 bits per heavy atom. The molecule has 1 radical (unpaired) electrons. The number of benzene rings is 3. The lowest BCUT2D eigenvalue weighted by Gasteiger charge is -2.25. The van der Waals surface area contributed by atoms with Crippen LogP contribution in [0.25, 0.3) is 11.1 Å². The third-order valence-corrected chi connectivity index (χ3v) is 4.65. The Kier molecular flexibility index (Phi) is 3.96. The summed E-state index contributed by atoms with van der Waals surface area (Å²) in [6, 6.07) is 24.3. The van der Waals surface area contributed by atoms with Crippen LogP contribution in [0.4, 0.5) is 0 Å². The van der Waals surface area contributed by atoms with Gasteiger partial charge in [-0.15, -0.1) is 0 Å². The number of carbonyl (C=O) groups is 3. The lowest BCUT2D eigenvalue weighted by atomic mass is 9.87. The molecule has 0 aliphatic heterocycles. The summed E-state index contributed by atoms with van der Waals surface area (Å²) in [5.74, 6) is -1.78. The molecular weight excluding hydrogens is 340 g/mol. The van der Waals surface area contributed by atoms with E-state index < -0.39 is 23.1 Å². The van der Waals surface area contributed by atoms with Gasteiger partial charge in [0.25, 0.3) is 5.60 Å². The minimum Gasteiger partial charge on any atom is -0.437 e. The minimum absolute atomic E-state index is 0.226. The highest BCUT2D eigenvalue weighted by Gasteiger charge is 2.57. The second-order valence-electron chi connectivity index (χ2n) is 6.34. The lowest BCUT2D eigenvalue weighted by Crippen LogP contribution is -2.42. The molecule has 1 aliphatic carbocycles. The van der Waals surface area contributed by atoms with Crippen molar-refractivity contribution in [2.45, 2.75) is 12.5 Å². The number of ether oxygens (including phenoxy) is 1. The van der Waals surface area contributed by atoms with Crippen molar-refractivity contribution in [2.75, 3.05) is 0 Å². The molecule has 0 saturated heterocycles. The highest BCUT2D eigenvalue weighted by molar-refractivity contribution is 6.32. The van der Waals surface area contributed by atoms with Crippen molar-refractivity contribution in [1.29, 1.82) is 0 Å². The zero-order valence-corrected chi connectivity index (χ0v) is 14.6. The first-order chi connectivity index (χ1) is 13.0. The monoisotopic (exact) mass is 355 g/mol. The topological polar surface area (TPSA) is 60.4 Å². The second-order valence-corrected chi connectivity index (χ2v) is 6.34. The molecule has 0 amide bonds. The third kappa shape index (κ3) is 2.57. The molecule has 1 aliphatic rings. The average molecular weight is 355 g/mol. The van der Waals surface area contributed by atoms with E-state index in [1.807, 2.05) is 30.3 Å². The van der Waals surface area contributed by atoms with E-state index in [4.69, 9.17) is 4.74 Å². The molecule has 3 aromatic rings. The van der Waals surface area contributed by atoms with E-state index in [1.54, 1.807) is 42.5 Å². The van der Waals surface area contributed by atoms with Gasteiger partial charge in [-0.3, -0.25) is 14.4 Å². The largest absolute Gasteiger partial charge is 0.437 e. The summed E-state index contributed by atoms with van der Waals surface area (Å²) in [5.41, 5.74) is 0.587. The predicted octanol–water partition coefficient (Wildman–Crippen LogP) is 3.99. The van der Waals surface area contributed by atoms with Crippen molar-refractivity contribution in [2.24, 2.45) is 0 Å². The molecule has 27 heavy (non-hydrogen) atoms. The van der Waals surface area contributed by atoms with Gasteiger partial charge in [-0.05, 0) is 23.3 Å². The first-order valence-corrected chi connectivity index (χ1v) is 8.50. The van der Waals surface area contributed by atoms with E-state index in [0.717, 1.165) is 11.1 Å². The van der Waals surface area contributed by atoms with Gasteiger partial charge in [0, 0.05) is 23.6 Å². The maximum absolute atomic E-state index is 13.1. The van der Waals surface area contributed by atoms with Crippen LogP contribution in [-0.2, 0) is 15.1 Å². The maximum atomic E-state index is 13.1. The van der Waals surface area contributed by atoms with Crippen LogP contribution in [0.15, 0.2) is 72.8 Å². The molecule has 4 heteroatoms. The van der Waals surface area contributed by atoms with Gasteiger partial charge in [-0.25, -0.2) is 0 Å². The van der Waals surface area contributed by atoms with Crippen LogP contribution in [0.2, 0.25) is 0 Å². The van der Waals surface area contributed by atoms with Gasteiger partial charge in [-0.1, -0.05) is 66.7 Å². The smallest absolute Gasteiger partial charge is 0.304 e. The molecule has 0 spiro atoms. The molecule has 4 rings (SSSR count). The van der Waals surface area contributed by atoms with Crippen LogP contribution in [0.3, 0.4) is 0 Å². The van der Waals surface area contributed by atoms with Gasteiger partial charge >= 0.3 is 5.97 Å². The highest BCUT2D eigenvalue weighted by Crippen LogP contribution is 2.41. The molecule has 3 aromatic carbocycles. The van der Waals surface area contributed by atoms with Crippen molar-refractivity contribution >= 4 is 17.5 Å². The molecule has 0 aromatic heterocycles. The van der Waals surface area contributed by atoms with Crippen molar-refractivity contribution in [3.05, 3.63) is 95.6 Å². The van der Waals surface area contributed by atoms with E-state index >= 15 is 0 Å². The zero-order valence-electron chi connectivity index (χ0n) is 14.6. The molecule has 0 bridgehead atoms. The standard InChI is InChI=1S/C23H15O4/c1-15(24)27-23(21(25)19-9-5-6-10-20(19)22(23)26)18-13-11-17(12-14-18)16-7-3-2-4-8-16/h2-13H,1H3. The first-order valence-electron chi connectivity index (χ1n) is 8.50. The first kappa shape index (κ1) is 16.9. The Morgan fingerprint density at radius 1 is 0.815 bits per heavy atom. The Labute approximate surface area is 156 Å². The summed E-state index contributed by atoms with van der Waals surface area (Å²) in [5, 5.41) is 0. The van der Waals surface area contributed by atoms with Crippen molar-refractivity contribution in [3.63, 3.8) is 0 Å². The number of hydrogen-bond donors (Lipinski definition) is 0. The van der Waals surface area contributed by atoms with E-state index in [1.165, 1.54) is 6.92 Å². The summed E-state index contributed by atoms with van der Waals surface area (Å²) in [6.45, 7) is 1.18. The maximum Gasteiger partial charge on any atom is 0.304 e. The number of esters is 1. The summed E-state index contributed by atoms with van der Waals surface area (Å²) < 4.78 is 5.37. The van der Waals surface area contributed by atoms with Gasteiger partial charge in [0.05, 0.1) is 0 Å². The van der Waals surface area contributed by atoms with Crippen molar-refractivity contribution in [3.8, 4) is 11.1 Å². The van der Waals surface area contributed by atoms with Gasteiger partial charge in [0.15, 0.2) is 0 Å². The van der Waals surface area contributed by atoms with E-state index in [-0.39, 0.29) is 16.7 Å². The molecular formula is C23H15O4. The SMILES string of the molecule is CC(=O)OC1(c2[c]cc(-c3ccccc3)cc2)C(=O)c2ccccc2C1=O. The van der Waals surface area contributed by atoms with Gasteiger partial charge in [0.1, 0.15) is 0 Å². The second kappa shape index (κ2) is 6.32.